The van der Waals surface area contributed by atoms with E-state index in [1.807, 2.05) is 0 Å². The monoisotopic (exact) mass is 130 g/mol. The van der Waals surface area contributed by atoms with Crippen LogP contribution < -0.4 is 5.73 Å². The average molecular weight is 130 g/mol. The lowest BCUT2D eigenvalue weighted by atomic mass is 10.2. The molecule has 1 fully saturated rings. The second-order valence-corrected chi connectivity index (χ2v) is 2.58. The van der Waals surface area contributed by atoms with Gasteiger partial charge in [-0.25, -0.2) is 0 Å². The Morgan fingerprint density at radius 2 is 2.33 bits per heavy atom. The molecule has 0 unspecified atom stereocenters. The Bertz CT molecular complexity index is 87.1. The predicted molar refractivity (Wildman–Crippen MR) is 36.1 cm³/mol. The zero-order valence-electron chi connectivity index (χ0n) is 5.75. The third-order valence-electron chi connectivity index (χ3n) is 1.86. The van der Waals surface area contributed by atoms with E-state index in [9.17, 15) is 0 Å². The standard InChI is InChI=1S/C6H14N2O/c1-2-8-3-5(7)6(9)4-8/h5-6,9H,2-4,7H2,1H3/t5-,6-/m0/s1. The lowest BCUT2D eigenvalue weighted by molar-refractivity contribution is 0.166. The molecule has 3 N–H and O–H groups in total. The van der Waals surface area contributed by atoms with Crippen molar-refractivity contribution in [1.82, 2.24) is 4.90 Å². The van der Waals surface area contributed by atoms with Crippen molar-refractivity contribution < 1.29 is 5.11 Å². The van der Waals surface area contributed by atoms with Crippen molar-refractivity contribution in [2.75, 3.05) is 19.6 Å². The van der Waals surface area contributed by atoms with Crippen molar-refractivity contribution in [1.29, 1.82) is 0 Å². The fraction of sp³-hybridized carbons (Fsp3) is 1.00. The molecule has 1 aliphatic rings. The molecule has 9 heavy (non-hydrogen) atoms. The third-order valence-corrected chi connectivity index (χ3v) is 1.86. The van der Waals surface area contributed by atoms with Crippen molar-refractivity contribution in [3.8, 4) is 0 Å². The van der Waals surface area contributed by atoms with E-state index in [2.05, 4.69) is 11.8 Å². The van der Waals surface area contributed by atoms with Gasteiger partial charge in [-0.15, -0.1) is 0 Å². The molecule has 3 heteroatoms. The highest BCUT2D eigenvalue weighted by Gasteiger charge is 2.26. The van der Waals surface area contributed by atoms with Gasteiger partial charge in [0, 0.05) is 19.1 Å². The molecule has 0 amide bonds. The van der Waals surface area contributed by atoms with Crippen LogP contribution in [0.4, 0.5) is 0 Å². The normalized spacial score (nSPS) is 37.7. The van der Waals surface area contributed by atoms with E-state index in [1.165, 1.54) is 0 Å². The van der Waals surface area contributed by atoms with E-state index in [4.69, 9.17) is 10.8 Å². The molecule has 0 aromatic rings. The number of β-amino-alcohol motifs (C(OH)–C–C–N with tert-alkyl or cyclic N) is 1. The summed E-state index contributed by atoms with van der Waals surface area (Å²) >= 11 is 0. The van der Waals surface area contributed by atoms with Gasteiger partial charge in [-0.1, -0.05) is 6.92 Å². The first kappa shape index (κ1) is 6.99. The van der Waals surface area contributed by atoms with E-state index in [1.54, 1.807) is 0 Å². The molecular weight excluding hydrogens is 116 g/mol. The summed E-state index contributed by atoms with van der Waals surface area (Å²) in [6.07, 6.45) is -0.301. The second-order valence-electron chi connectivity index (χ2n) is 2.58. The maximum atomic E-state index is 9.13. The summed E-state index contributed by atoms with van der Waals surface area (Å²) in [4.78, 5) is 2.15. The summed E-state index contributed by atoms with van der Waals surface area (Å²) in [5.74, 6) is 0. The molecule has 0 spiro atoms. The van der Waals surface area contributed by atoms with Crippen LogP contribution in [0.15, 0.2) is 0 Å². The quantitative estimate of drug-likeness (QED) is 0.479. The number of hydrogen-bond acceptors (Lipinski definition) is 3. The van der Waals surface area contributed by atoms with Gasteiger partial charge in [-0.2, -0.15) is 0 Å². The molecule has 0 aromatic carbocycles. The van der Waals surface area contributed by atoms with Crippen molar-refractivity contribution >= 4 is 0 Å². The van der Waals surface area contributed by atoms with Gasteiger partial charge in [0.05, 0.1) is 6.10 Å². The fourth-order valence-electron chi connectivity index (χ4n) is 1.15. The number of nitrogens with two attached hydrogens (primary N) is 1. The molecule has 54 valence electrons. The first-order valence-corrected chi connectivity index (χ1v) is 3.40. The zero-order chi connectivity index (χ0) is 6.85. The van der Waals surface area contributed by atoms with Crippen molar-refractivity contribution in [2.24, 2.45) is 5.73 Å². The average Bonchev–Trinajstić information content (AvgIpc) is 2.13. The maximum absolute atomic E-state index is 9.13. The van der Waals surface area contributed by atoms with E-state index >= 15 is 0 Å². The largest absolute Gasteiger partial charge is 0.390 e. The smallest absolute Gasteiger partial charge is 0.0830 e. The first-order valence-electron chi connectivity index (χ1n) is 3.40. The van der Waals surface area contributed by atoms with Gasteiger partial charge in [-0.05, 0) is 6.54 Å². The number of aliphatic hydroxyl groups is 1. The summed E-state index contributed by atoms with van der Waals surface area (Å²) in [6.45, 7) is 4.66. The second kappa shape index (κ2) is 2.64. The summed E-state index contributed by atoms with van der Waals surface area (Å²) in [6, 6.07) is -0.0232. The van der Waals surface area contributed by atoms with Gasteiger partial charge in [0.15, 0.2) is 0 Å². The van der Waals surface area contributed by atoms with Crippen LogP contribution >= 0.6 is 0 Å². The fourth-order valence-corrected chi connectivity index (χ4v) is 1.15. The number of likely N-dealkylation sites (tertiary alicyclic amines) is 1. The van der Waals surface area contributed by atoms with Crippen LogP contribution in [0.3, 0.4) is 0 Å². The molecule has 0 saturated carbocycles. The van der Waals surface area contributed by atoms with Crippen LogP contribution in [0, 0.1) is 0 Å². The van der Waals surface area contributed by atoms with Gasteiger partial charge in [0.25, 0.3) is 0 Å². The Kier molecular flexibility index (Phi) is 2.05. The van der Waals surface area contributed by atoms with Crippen LogP contribution in [0.2, 0.25) is 0 Å². The first-order chi connectivity index (χ1) is 4.24. The Hall–Kier alpha value is -0.120. The maximum Gasteiger partial charge on any atom is 0.0830 e. The SMILES string of the molecule is CCN1C[C@H](N)[C@@H](O)C1. The van der Waals surface area contributed by atoms with Crippen LogP contribution in [0.25, 0.3) is 0 Å². The van der Waals surface area contributed by atoms with Gasteiger partial charge in [-0.3, -0.25) is 4.90 Å². The molecule has 3 nitrogen and oxygen atoms in total. The lowest BCUT2D eigenvalue weighted by Crippen LogP contribution is -2.32. The Balaban J connectivity index is 2.35. The minimum absolute atomic E-state index is 0.0232. The predicted octanol–water partition coefficient (Wildman–Crippen LogP) is -0.990. The summed E-state index contributed by atoms with van der Waals surface area (Å²) in [5, 5.41) is 9.13. The van der Waals surface area contributed by atoms with Gasteiger partial charge in [0.2, 0.25) is 0 Å². The van der Waals surface area contributed by atoms with Gasteiger partial charge in [0.1, 0.15) is 0 Å². The molecule has 1 heterocycles. The van der Waals surface area contributed by atoms with Crippen molar-refractivity contribution in [3.63, 3.8) is 0 Å². The Morgan fingerprint density at radius 3 is 2.56 bits per heavy atom. The molecule has 0 radical (unpaired) electrons. The minimum Gasteiger partial charge on any atom is -0.390 e. The van der Waals surface area contributed by atoms with E-state index < -0.39 is 0 Å². The third kappa shape index (κ3) is 1.41. The molecule has 2 atom stereocenters. The highest BCUT2D eigenvalue weighted by molar-refractivity contribution is 4.85. The van der Waals surface area contributed by atoms with E-state index in [0.29, 0.717) is 0 Å². The van der Waals surface area contributed by atoms with E-state index in [0.717, 1.165) is 19.6 Å². The van der Waals surface area contributed by atoms with Crippen molar-refractivity contribution in [2.45, 2.75) is 19.1 Å². The number of nitrogens with zero attached hydrogens (tertiary/aromatic N) is 1. The molecular formula is C6H14N2O. The molecule has 0 aliphatic carbocycles. The highest BCUT2D eigenvalue weighted by Crippen LogP contribution is 2.06. The molecule has 0 aromatic heterocycles. The number of rotatable bonds is 1. The van der Waals surface area contributed by atoms with Crippen LogP contribution in [-0.2, 0) is 0 Å². The van der Waals surface area contributed by atoms with Gasteiger partial charge < -0.3 is 10.8 Å². The number of hydrogen-bond donors (Lipinski definition) is 2. The summed E-state index contributed by atoms with van der Waals surface area (Å²) in [5.41, 5.74) is 5.55. The summed E-state index contributed by atoms with van der Waals surface area (Å²) in [7, 11) is 0. The Labute approximate surface area is 55.5 Å². The topological polar surface area (TPSA) is 49.5 Å². The van der Waals surface area contributed by atoms with Crippen molar-refractivity contribution in [3.05, 3.63) is 0 Å². The molecule has 1 aliphatic heterocycles. The van der Waals surface area contributed by atoms with Crippen LogP contribution in [-0.4, -0.2) is 41.8 Å². The van der Waals surface area contributed by atoms with Gasteiger partial charge >= 0.3 is 0 Å². The highest BCUT2D eigenvalue weighted by atomic mass is 16.3. The van der Waals surface area contributed by atoms with Crippen LogP contribution in [0.1, 0.15) is 6.92 Å². The van der Waals surface area contributed by atoms with Crippen LogP contribution in [0.5, 0.6) is 0 Å². The van der Waals surface area contributed by atoms with E-state index in [-0.39, 0.29) is 12.1 Å². The molecule has 1 rings (SSSR count). The molecule has 0 bridgehead atoms. The molecule has 1 saturated heterocycles. The zero-order valence-corrected chi connectivity index (χ0v) is 5.75. The number of aliphatic hydroxyl groups excluding tert-OH is 1. The summed E-state index contributed by atoms with van der Waals surface area (Å²) < 4.78 is 0. The number of likely N-dealkylation sites (N-methyl/N-ethyl adjacent to an activating group) is 1. The minimum atomic E-state index is -0.301. The Morgan fingerprint density at radius 1 is 1.67 bits per heavy atom. The lowest BCUT2D eigenvalue weighted by Gasteiger charge is -2.09.